The zero-order chi connectivity index (χ0) is 15.4. The lowest BCUT2D eigenvalue weighted by atomic mass is 10.2. The van der Waals surface area contributed by atoms with E-state index in [1.165, 1.54) is 12.1 Å². The third kappa shape index (κ3) is 4.27. The summed E-state index contributed by atoms with van der Waals surface area (Å²) in [4.78, 5) is 12.5. The molecule has 0 amide bonds. The van der Waals surface area contributed by atoms with Gasteiger partial charge in [-0.05, 0) is 19.4 Å². The maximum Gasteiger partial charge on any atom is 0.269 e. The van der Waals surface area contributed by atoms with Crippen molar-refractivity contribution in [2.45, 2.75) is 33.1 Å². The van der Waals surface area contributed by atoms with Crippen LogP contribution in [0.5, 0.6) is 0 Å². The summed E-state index contributed by atoms with van der Waals surface area (Å²) in [6, 6.07) is 6.92. The van der Waals surface area contributed by atoms with Crippen LogP contribution in [-0.2, 0) is 13.2 Å². The molecule has 2 rings (SSSR count). The van der Waals surface area contributed by atoms with Crippen LogP contribution in [0.15, 0.2) is 36.7 Å². The van der Waals surface area contributed by atoms with Crippen LogP contribution in [0.25, 0.3) is 0 Å². The molecule has 0 N–H and O–H groups in total. The predicted molar refractivity (Wildman–Crippen MR) is 81.0 cm³/mol. The van der Waals surface area contributed by atoms with Crippen LogP contribution in [0.1, 0.15) is 19.4 Å². The van der Waals surface area contributed by atoms with E-state index in [9.17, 15) is 10.1 Å². The van der Waals surface area contributed by atoms with Crippen molar-refractivity contribution in [2.75, 3.05) is 0 Å². The molecule has 0 fully saturated rings. The molecule has 1 heterocycles. The minimum absolute atomic E-state index is 0.105. The van der Waals surface area contributed by atoms with E-state index in [2.05, 4.69) is 23.8 Å². The van der Waals surface area contributed by atoms with E-state index in [1.807, 2.05) is 0 Å². The number of aromatic nitrogens is 2. The van der Waals surface area contributed by atoms with Crippen LogP contribution in [0.3, 0.4) is 0 Å². The highest BCUT2D eigenvalue weighted by Gasteiger charge is 2.12. The molecule has 1 aromatic carbocycles. The van der Waals surface area contributed by atoms with Crippen LogP contribution < -0.4 is 0 Å². The SMILES string of the molecule is CC(C)N(Cc1ccc([N+](=O)[O-])cc1)Cn1cc(Cl)cn1. The molecule has 0 unspecified atom stereocenters. The van der Waals surface area contributed by atoms with E-state index in [-0.39, 0.29) is 5.69 Å². The number of nitro groups is 1. The molecule has 0 radical (unpaired) electrons. The summed E-state index contributed by atoms with van der Waals surface area (Å²) in [7, 11) is 0. The van der Waals surface area contributed by atoms with Gasteiger partial charge in [-0.2, -0.15) is 5.10 Å². The summed E-state index contributed by atoms with van der Waals surface area (Å²) in [6.07, 6.45) is 3.37. The van der Waals surface area contributed by atoms with Crippen molar-refractivity contribution in [1.29, 1.82) is 0 Å². The monoisotopic (exact) mass is 308 g/mol. The smallest absolute Gasteiger partial charge is 0.269 e. The Kier molecular flexibility index (Phi) is 4.93. The molecular weight excluding hydrogens is 292 g/mol. The fourth-order valence-electron chi connectivity index (χ4n) is 1.96. The third-order valence-corrected chi connectivity index (χ3v) is 3.39. The Morgan fingerprint density at radius 2 is 2.05 bits per heavy atom. The quantitative estimate of drug-likeness (QED) is 0.606. The van der Waals surface area contributed by atoms with Crippen molar-refractivity contribution in [3.05, 3.63) is 57.4 Å². The standard InChI is InChI=1S/C14H17ClN4O2/c1-11(2)17(10-18-9-13(15)7-16-18)8-12-3-5-14(6-4-12)19(20)21/h3-7,9,11H,8,10H2,1-2H3. The molecule has 0 bridgehead atoms. The number of hydrogen-bond acceptors (Lipinski definition) is 4. The number of rotatable bonds is 6. The Labute approximate surface area is 128 Å². The molecule has 0 aliphatic heterocycles. The first-order chi connectivity index (χ1) is 9.95. The Morgan fingerprint density at radius 1 is 1.38 bits per heavy atom. The number of non-ortho nitro benzene ring substituents is 1. The fourth-order valence-corrected chi connectivity index (χ4v) is 2.11. The van der Waals surface area contributed by atoms with Crippen molar-refractivity contribution in [3.8, 4) is 0 Å². The molecule has 0 aliphatic rings. The zero-order valence-corrected chi connectivity index (χ0v) is 12.7. The van der Waals surface area contributed by atoms with Crippen molar-refractivity contribution < 1.29 is 4.92 Å². The Bertz CT molecular complexity index is 610. The van der Waals surface area contributed by atoms with Gasteiger partial charge in [-0.3, -0.25) is 19.7 Å². The number of halogens is 1. The molecule has 0 spiro atoms. The molecular formula is C14H17ClN4O2. The van der Waals surface area contributed by atoms with Gasteiger partial charge in [-0.1, -0.05) is 23.7 Å². The molecule has 0 atom stereocenters. The second-order valence-electron chi connectivity index (χ2n) is 5.10. The highest BCUT2D eigenvalue weighted by Crippen LogP contribution is 2.15. The molecule has 0 saturated carbocycles. The minimum Gasteiger partial charge on any atom is -0.278 e. The minimum atomic E-state index is -0.393. The van der Waals surface area contributed by atoms with Crippen LogP contribution >= 0.6 is 11.6 Å². The summed E-state index contributed by atoms with van der Waals surface area (Å²) >= 11 is 5.87. The van der Waals surface area contributed by atoms with Gasteiger partial charge in [-0.25, -0.2) is 0 Å². The van der Waals surface area contributed by atoms with Crippen LogP contribution in [0.4, 0.5) is 5.69 Å². The second-order valence-corrected chi connectivity index (χ2v) is 5.54. The Hall–Kier alpha value is -1.92. The molecule has 1 aromatic heterocycles. The topological polar surface area (TPSA) is 64.2 Å². The first-order valence-corrected chi connectivity index (χ1v) is 6.99. The van der Waals surface area contributed by atoms with E-state index in [0.29, 0.717) is 24.3 Å². The van der Waals surface area contributed by atoms with Gasteiger partial charge >= 0.3 is 0 Å². The normalized spacial score (nSPS) is 11.3. The number of benzene rings is 1. The highest BCUT2D eigenvalue weighted by atomic mass is 35.5. The second kappa shape index (κ2) is 6.69. The van der Waals surface area contributed by atoms with Gasteiger partial charge in [0.1, 0.15) is 0 Å². The molecule has 0 aliphatic carbocycles. The summed E-state index contributed by atoms with van der Waals surface area (Å²) < 4.78 is 1.77. The summed E-state index contributed by atoms with van der Waals surface area (Å²) in [5.74, 6) is 0. The van der Waals surface area contributed by atoms with Gasteiger partial charge in [0, 0.05) is 30.9 Å². The highest BCUT2D eigenvalue weighted by molar-refractivity contribution is 6.30. The van der Waals surface area contributed by atoms with E-state index < -0.39 is 4.92 Å². The fraction of sp³-hybridized carbons (Fsp3) is 0.357. The summed E-state index contributed by atoms with van der Waals surface area (Å²) in [6.45, 7) is 5.49. The van der Waals surface area contributed by atoms with Gasteiger partial charge in [0.25, 0.3) is 5.69 Å². The number of hydrogen-bond donors (Lipinski definition) is 0. The van der Waals surface area contributed by atoms with Crippen LogP contribution in [0.2, 0.25) is 5.02 Å². The first kappa shape index (κ1) is 15.5. The molecule has 0 saturated heterocycles. The lowest BCUT2D eigenvalue weighted by Gasteiger charge is -2.26. The number of nitrogens with zero attached hydrogens (tertiary/aromatic N) is 4. The first-order valence-electron chi connectivity index (χ1n) is 6.61. The van der Waals surface area contributed by atoms with Gasteiger partial charge in [-0.15, -0.1) is 0 Å². The van der Waals surface area contributed by atoms with E-state index in [0.717, 1.165) is 5.56 Å². The van der Waals surface area contributed by atoms with Crippen molar-refractivity contribution >= 4 is 17.3 Å². The Balaban J connectivity index is 2.07. The summed E-state index contributed by atoms with van der Waals surface area (Å²) in [5, 5.41) is 15.4. The van der Waals surface area contributed by atoms with Gasteiger partial charge < -0.3 is 0 Å². The van der Waals surface area contributed by atoms with Crippen LogP contribution in [0, 0.1) is 10.1 Å². The molecule has 6 nitrogen and oxygen atoms in total. The van der Waals surface area contributed by atoms with Crippen LogP contribution in [-0.4, -0.2) is 25.6 Å². The Morgan fingerprint density at radius 3 is 2.52 bits per heavy atom. The molecule has 2 aromatic rings. The van der Waals surface area contributed by atoms with Gasteiger partial charge in [0.15, 0.2) is 0 Å². The maximum atomic E-state index is 10.7. The average Bonchev–Trinajstić information content (AvgIpc) is 2.84. The third-order valence-electron chi connectivity index (χ3n) is 3.19. The number of nitro benzene ring substituents is 1. The average molecular weight is 309 g/mol. The molecule has 21 heavy (non-hydrogen) atoms. The van der Waals surface area contributed by atoms with Crippen molar-refractivity contribution in [3.63, 3.8) is 0 Å². The molecule has 7 heteroatoms. The van der Waals surface area contributed by atoms with Gasteiger partial charge in [0.05, 0.1) is 22.8 Å². The predicted octanol–water partition coefficient (Wildman–Crippen LogP) is 3.31. The van der Waals surface area contributed by atoms with E-state index >= 15 is 0 Å². The molecule has 112 valence electrons. The van der Waals surface area contributed by atoms with Gasteiger partial charge in [0.2, 0.25) is 0 Å². The van der Waals surface area contributed by atoms with E-state index in [4.69, 9.17) is 11.6 Å². The zero-order valence-electron chi connectivity index (χ0n) is 11.9. The summed E-state index contributed by atoms with van der Waals surface area (Å²) in [5.41, 5.74) is 1.13. The lowest BCUT2D eigenvalue weighted by molar-refractivity contribution is -0.384. The maximum absolute atomic E-state index is 10.7. The van der Waals surface area contributed by atoms with Crippen molar-refractivity contribution in [1.82, 2.24) is 14.7 Å². The van der Waals surface area contributed by atoms with Crippen molar-refractivity contribution in [2.24, 2.45) is 0 Å². The lowest BCUT2D eigenvalue weighted by Crippen LogP contribution is -2.32. The largest absolute Gasteiger partial charge is 0.278 e. The van der Waals surface area contributed by atoms with E-state index in [1.54, 1.807) is 29.2 Å².